The fourth-order valence-electron chi connectivity index (χ4n) is 4.15. The molecule has 172 valence electrons. The molecule has 0 spiro atoms. The molecule has 0 fully saturated rings. The van der Waals surface area contributed by atoms with Crippen LogP contribution in [0.4, 0.5) is 5.82 Å². The number of amides is 2. The average Bonchev–Trinajstić information content (AvgIpc) is 2.85. The van der Waals surface area contributed by atoms with Crippen LogP contribution in [-0.2, 0) is 22.4 Å². The Bertz CT molecular complexity index is 1130. The minimum Gasteiger partial charge on any atom is -0.370 e. The second-order valence-electron chi connectivity index (χ2n) is 8.46. The molecule has 0 aliphatic carbocycles. The van der Waals surface area contributed by atoms with Gasteiger partial charge in [-0.15, -0.1) is 0 Å². The van der Waals surface area contributed by atoms with Crippen LogP contribution in [0, 0.1) is 0 Å². The number of pyridine rings is 2. The molecule has 1 atom stereocenters. The number of anilines is 1. The van der Waals surface area contributed by atoms with E-state index >= 15 is 0 Å². The highest BCUT2D eigenvalue weighted by Crippen LogP contribution is 2.21. The van der Waals surface area contributed by atoms with Gasteiger partial charge < -0.3 is 16.0 Å². The van der Waals surface area contributed by atoms with Gasteiger partial charge in [0.15, 0.2) is 0 Å². The maximum atomic E-state index is 12.4. The molecule has 3 heterocycles. The summed E-state index contributed by atoms with van der Waals surface area (Å²) in [4.78, 5) is 33.8. The maximum Gasteiger partial charge on any atom is 0.239 e. The van der Waals surface area contributed by atoms with E-state index in [0.29, 0.717) is 12.8 Å². The largest absolute Gasteiger partial charge is 0.370 e. The lowest BCUT2D eigenvalue weighted by Crippen LogP contribution is -2.38. The van der Waals surface area contributed by atoms with Gasteiger partial charge in [-0.2, -0.15) is 0 Å². The highest BCUT2D eigenvalue weighted by atomic mass is 16.2. The monoisotopic (exact) mass is 445 g/mol. The van der Waals surface area contributed by atoms with Crippen LogP contribution in [0.3, 0.4) is 0 Å². The number of carbonyl (C=O) groups is 2. The third kappa shape index (κ3) is 6.06. The molecular weight excluding hydrogens is 414 g/mol. The van der Waals surface area contributed by atoms with Crippen LogP contribution < -0.4 is 16.0 Å². The number of hydrogen-bond acceptors (Lipinski definition) is 5. The molecule has 4 rings (SSSR count). The predicted molar refractivity (Wildman–Crippen MR) is 130 cm³/mol. The lowest BCUT2D eigenvalue weighted by atomic mass is 10.0. The Balaban J connectivity index is 1.21. The van der Waals surface area contributed by atoms with E-state index < -0.39 is 0 Å². The van der Waals surface area contributed by atoms with Crippen LogP contribution >= 0.6 is 0 Å². The third-order valence-electron chi connectivity index (χ3n) is 5.99. The van der Waals surface area contributed by atoms with Gasteiger partial charge in [-0.05, 0) is 61.4 Å². The van der Waals surface area contributed by atoms with Crippen molar-refractivity contribution in [2.24, 2.45) is 0 Å². The zero-order valence-corrected chi connectivity index (χ0v) is 19.1. The third-order valence-corrected chi connectivity index (χ3v) is 5.99. The normalized spacial score (nSPS) is 13.6. The van der Waals surface area contributed by atoms with Crippen molar-refractivity contribution in [2.75, 3.05) is 18.4 Å². The highest BCUT2D eigenvalue weighted by molar-refractivity contribution is 5.85. The van der Waals surface area contributed by atoms with Crippen LogP contribution in [-0.4, -0.2) is 34.9 Å². The van der Waals surface area contributed by atoms with Crippen molar-refractivity contribution in [3.05, 3.63) is 65.5 Å². The molecule has 2 aromatic heterocycles. The number of fused-ring (bicyclic) bond motifs is 2. The summed E-state index contributed by atoms with van der Waals surface area (Å²) in [6.07, 6.45) is 6.55. The second-order valence-corrected chi connectivity index (χ2v) is 8.46. The standard InChI is InChI=1S/C26H31N5O2/c1-2-22(20-15-19-7-3-4-10-23(19)28-16-20)31-25(33)17-29-24(32)11-5-9-21-13-12-18-8-6-14-27-26(18)30-21/h3-4,7,10,12-13,15-16,22H,2,5-6,8-9,11,14,17H2,1H3,(H,27,30)(H,29,32)(H,31,33)/t22-/m0/s1. The van der Waals surface area contributed by atoms with E-state index in [9.17, 15) is 9.59 Å². The summed E-state index contributed by atoms with van der Waals surface area (Å²) in [5, 5.41) is 10.1. The average molecular weight is 446 g/mol. The molecule has 7 nitrogen and oxygen atoms in total. The number of rotatable bonds is 9. The Hall–Kier alpha value is -3.48. The fraction of sp³-hybridized carbons (Fsp3) is 0.385. The van der Waals surface area contributed by atoms with Gasteiger partial charge in [0, 0.05) is 30.2 Å². The van der Waals surface area contributed by atoms with Gasteiger partial charge >= 0.3 is 0 Å². The van der Waals surface area contributed by atoms with Crippen molar-refractivity contribution in [3.63, 3.8) is 0 Å². The number of para-hydroxylation sites is 1. The van der Waals surface area contributed by atoms with Gasteiger partial charge in [0.05, 0.1) is 18.1 Å². The smallest absolute Gasteiger partial charge is 0.239 e. The SMILES string of the molecule is CC[C@H](NC(=O)CNC(=O)CCCc1ccc2c(n1)NCCC2)c1cnc2ccccc2c1. The summed E-state index contributed by atoms with van der Waals surface area (Å²) in [5.41, 5.74) is 4.14. The second kappa shape index (κ2) is 10.9. The van der Waals surface area contributed by atoms with Crippen molar-refractivity contribution in [3.8, 4) is 0 Å². The lowest BCUT2D eigenvalue weighted by Gasteiger charge is -2.18. The van der Waals surface area contributed by atoms with Crippen molar-refractivity contribution >= 4 is 28.5 Å². The first kappa shape index (κ1) is 22.7. The summed E-state index contributed by atoms with van der Waals surface area (Å²) < 4.78 is 0. The Kier molecular flexibility index (Phi) is 7.50. The lowest BCUT2D eigenvalue weighted by molar-refractivity contribution is -0.126. The number of hydrogen-bond donors (Lipinski definition) is 3. The van der Waals surface area contributed by atoms with Crippen molar-refractivity contribution in [1.29, 1.82) is 0 Å². The molecule has 7 heteroatoms. The Morgan fingerprint density at radius 2 is 2.03 bits per heavy atom. The van der Waals surface area contributed by atoms with Gasteiger partial charge in [0.1, 0.15) is 5.82 Å². The van der Waals surface area contributed by atoms with E-state index in [1.807, 2.05) is 37.3 Å². The van der Waals surface area contributed by atoms with Crippen LogP contribution in [0.5, 0.6) is 0 Å². The van der Waals surface area contributed by atoms with E-state index in [0.717, 1.165) is 60.2 Å². The number of aryl methyl sites for hydroxylation is 2. The first-order valence-corrected chi connectivity index (χ1v) is 11.8. The molecule has 1 aliphatic rings. The van der Waals surface area contributed by atoms with Crippen LogP contribution in [0.1, 0.15) is 55.5 Å². The van der Waals surface area contributed by atoms with Gasteiger partial charge in [0.2, 0.25) is 11.8 Å². The molecule has 3 N–H and O–H groups in total. The first-order chi connectivity index (χ1) is 16.1. The van der Waals surface area contributed by atoms with E-state index in [2.05, 4.69) is 38.1 Å². The molecule has 3 aromatic rings. The number of benzene rings is 1. The minimum absolute atomic E-state index is 0.0304. The van der Waals surface area contributed by atoms with Crippen molar-refractivity contribution < 1.29 is 9.59 Å². The van der Waals surface area contributed by atoms with Crippen molar-refractivity contribution in [1.82, 2.24) is 20.6 Å². The first-order valence-electron chi connectivity index (χ1n) is 11.8. The molecule has 1 aliphatic heterocycles. The zero-order valence-electron chi connectivity index (χ0n) is 19.1. The van der Waals surface area contributed by atoms with E-state index in [1.54, 1.807) is 6.20 Å². The Morgan fingerprint density at radius 1 is 1.15 bits per heavy atom. The molecule has 0 unspecified atom stereocenters. The summed E-state index contributed by atoms with van der Waals surface area (Å²) in [6, 6.07) is 14.0. The molecule has 0 saturated carbocycles. The van der Waals surface area contributed by atoms with Gasteiger partial charge in [-0.1, -0.05) is 31.2 Å². The van der Waals surface area contributed by atoms with Crippen LogP contribution in [0.25, 0.3) is 10.9 Å². The van der Waals surface area contributed by atoms with E-state index in [-0.39, 0.29) is 24.4 Å². The maximum absolute atomic E-state index is 12.4. The Morgan fingerprint density at radius 3 is 2.91 bits per heavy atom. The van der Waals surface area contributed by atoms with Crippen molar-refractivity contribution in [2.45, 2.75) is 51.5 Å². The Labute approximate surface area is 194 Å². The van der Waals surface area contributed by atoms with Crippen LogP contribution in [0.15, 0.2) is 48.7 Å². The molecule has 0 bridgehead atoms. The molecule has 33 heavy (non-hydrogen) atoms. The number of aromatic nitrogens is 2. The zero-order chi connectivity index (χ0) is 23.0. The van der Waals surface area contributed by atoms with E-state index in [1.165, 1.54) is 5.56 Å². The number of nitrogens with zero attached hydrogens (tertiary/aromatic N) is 2. The summed E-state index contributed by atoms with van der Waals surface area (Å²) in [5.74, 6) is 0.652. The molecule has 0 radical (unpaired) electrons. The number of nitrogens with one attached hydrogen (secondary N) is 3. The molecular formula is C26H31N5O2. The number of carbonyl (C=O) groups excluding carboxylic acids is 2. The summed E-state index contributed by atoms with van der Waals surface area (Å²) in [7, 11) is 0. The topological polar surface area (TPSA) is 96.0 Å². The predicted octanol–water partition coefficient (Wildman–Crippen LogP) is 3.69. The van der Waals surface area contributed by atoms with Gasteiger partial charge in [0.25, 0.3) is 0 Å². The highest BCUT2D eigenvalue weighted by Gasteiger charge is 2.15. The van der Waals surface area contributed by atoms with Gasteiger partial charge in [-0.3, -0.25) is 14.6 Å². The molecule has 1 aromatic carbocycles. The molecule has 0 saturated heterocycles. The summed E-state index contributed by atoms with van der Waals surface area (Å²) >= 11 is 0. The van der Waals surface area contributed by atoms with E-state index in [4.69, 9.17) is 0 Å². The summed E-state index contributed by atoms with van der Waals surface area (Å²) in [6.45, 7) is 2.95. The minimum atomic E-state index is -0.203. The van der Waals surface area contributed by atoms with Crippen LogP contribution in [0.2, 0.25) is 0 Å². The van der Waals surface area contributed by atoms with Gasteiger partial charge in [-0.25, -0.2) is 4.98 Å². The fourth-order valence-corrected chi connectivity index (χ4v) is 4.15. The molecule has 2 amide bonds. The quantitative estimate of drug-likeness (QED) is 0.467.